The minimum atomic E-state index is -0.0671. The van der Waals surface area contributed by atoms with Crippen molar-refractivity contribution in [2.24, 2.45) is 0 Å². The summed E-state index contributed by atoms with van der Waals surface area (Å²) in [4.78, 5) is 15.6. The lowest BCUT2D eigenvalue weighted by molar-refractivity contribution is 0.660. The Morgan fingerprint density at radius 1 is 0.383 bits per heavy atom. The van der Waals surface area contributed by atoms with E-state index >= 15 is 0 Å². The molecule has 0 saturated carbocycles. The molecule has 0 bridgehead atoms. The van der Waals surface area contributed by atoms with Crippen LogP contribution in [0, 0.1) is 0 Å². The molecule has 0 radical (unpaired) electrons. The van der Waals surface area contributed by atoms with Crippen molar-refractivity contribution in [1.82, 2.24) is 15.0 Å². The van der Waals surface area contributed by atoms with Gasteiger partial charge in [-0.2, -0.15) is 0 Å². The second kappa shape index (κ2) is 13.2. The number of pyridine rings is 1. The molecule has 1 aliphatic carbocycles. The van der Waals surface area contributed by atoms with Crippen LogP contribution in [0.1, 0.15) is 25.0 Å². The second-order valence-electron chi connectivity index (χ2n) is 16.3. The molecule has 8 aromatic carbocycles. The third-order valence-corrected chi connectivity index (χ3v) is 12.5. The molecule has 0 N–H and O–H groups in total. The molecule has 282 valence electrons. The van der Waals surface area contributed by atoms with E-state index < -0.39 is 0 Å². The van der Waals surface area contributed by atoms with E-state index in [9.17, 15) is 0 Å². The molecule has 60 heavy (non-hydrogen) atoms. The molecule has 0 fully saturated rings. The molecule has 0 saturated heterocycles. The van der Waals surface area contributed by atoms with Gasteiger partial charge in [-0.05, 0) is 52.1 Å². The van der Waals surface area contributed by atoms with Gasteiger partial charge in [-0.3, -0.25) is 0 Å². The molecule has 0 aliphatic heterocycles. The lowest BCUT2D eigenvalue weighted by atomic mass is 9.82. The summed E-state index contributed by atoms with van der Waals surface area (Å²) in [5, 5.41) is 5.41. The monoisotopic (exact) mass is 767 g/mol. The molecular formula is C56H37N3O. The second-order valence-corrected chi connectivity index (χ2v) is 16.3. The fourth-order valence-electron chi connectivity index (χ4n) is 9.49. The largest absolute Gasteiger partial charge is 0.455 e. The van der Waals surface area contributed by atoms with Gasteiger partial charge < -0.3 is 4.42 Å². The quantitative estimate of drug-likeness (QED) is 0.164. The zero-order valence-electron chi connectivity index (χ0n) is 33.1. The normalized spacial score (nSPS) is 13.0. The number of benzene rings is 8. The number of para-hydroxylation sites is 2. The Labute approximate surface area is 347 Å². The van der Waals surface area contributed by atoms with E-state index in [1.54, 1.807) is 0 Å². The molecule has 4 heteroatoms. The van der Waals surface area contributed by atoms with E-state index in [4.69, 9.17) is 19.4 Å². The van der Waals surface area contributed by atoms with Gasteiger partial charge in [-0.15, -0.1) is 0 Å². The molecule has 1 aliphatic rings. The average molecular weight is 768 g/mol. The number of hydrogen-bond donors (Lipinski definition) is 0. The topological polar surface area (TPSA) is 51.8 Å². The molecule has 3 heterocycles. The zero-order valence-corrected chi connectivity index (χ0v) is 33.1. The van der Waals surface area contributed by atoms with E-state index in [1.165, 1.54) is 22.3 Å². The van der Waals surface area contributed by atoms with Gasteiger partial charge in [-0.25, -0.2) is 15.0 Å². The molecular weight excluding hydrogens is 731 g/mol. The maximum atomic E-state index is 7.01. The summed E-state index contributed by atoms with van der Waals surface area (Å²) in [5.41, 5.74) is 16.8. The van der Waals surface area contributed by atoms with Gasteiger partial charge in [-0.1, -0.05) is 178 Å². The zero-order chi connectivity index (χ0) is 40.0. The van der Waals surface area contributed by atoms with Crippen LogP contribution in [0.15, 0.2) is 192 Å². The highest BCUT2D eigenvalue weighted by Gasteiger charge is 2.35. The van der Waals surface area contributed by atoms with Crippen molar-refractivity contribution >= 4 is 43.6 Å². The summed E-state index contributed by atoms with van der Waals surface area (Å²) in [6.07, 6.45) is 0. The van der Waals surface area contributed by atoms with Gasteiger partial charge in [0.2, 0.25) is 0 Å². The SMILES string of the molecule is CC1(C)c2ccccc2-c2cc(-c3nc(-c4ccccc4)cc(-c4ccc(-c5cccc6c5oc5c6ccc6c(-c7ccccc7)nc7ccccc7c65)cc4)n3)ccc21. The Balaban J connectivity index is 0.982. The van der Waals surface area contributed by atoms with Crippen LogP contribution < -0.4 is 0 Å². The van der Waals surface area contributed by atoms with Crippen molar-refractivity contribution in [1.29, 1.82) is 0 Å². The van der Waals surface area contributed by atoms with Crippen LogP contribution in [0.3, 0.4) is 0 Å². The molecule has 12 rings (SSSR count). The van der Waals surface area contributed by atoms with Crippen LogP contribution in [0.25, 0.3) is 111 Å². The van der Waals surface area contributed by atoms with Gasteiger partial charge >= 0.3 is 0 Å². The number of rotatable bonds is 5. The van der Waals surface area contributed by atoms with Crippen molar-refractivity contribution in [3.63, 3.8) is 0 Å². The minimum Gasteiger partial charge on any atom is -0.455 e. The number of furan rings is 1. The standard InChI is InChI=1S/C56H37N3O/c1-56(2)46-22-11-9-18-40(46)45-32-38(28-31-47(45)56)55-58-49(35-14-5-3-6-15-35)33-50(59-55)36-26-24-34(25-27-36)39-20-13-21-41-42-29-30-44-51(54(42)60-53(39)41)43-19-10-12-23-48(43)57-52(44)37-16-7-4-8-17-37/h3-33H,1-2H3. The minimum absolute atomic E-state index is 0.0671. The van der Waals surface area contributed by atoms with Crippen LogP contribution >= 0.6 is 0 Å². The van der Waals surface area contributed by atoms with Crippen molar-refractivity contribution in [2.75, 3.05) is 0 Å². The molecule has 0 atom stereocenters. The summed E-state index contributed by atoms with van der Waals surface area (Å²) in [6.45, 7) is 4.62. The van der Waals surface area contributed by atoms with Gasteiger partial charge in [0.05, 0.1) is 22.6 Å². The molecule has 0 unspecified atom stereocenters. The first kappa shape index (κ1) is 34.4. The Morgan fingerprint density at radius 3 is 1.77 bits per heavy atom. The highest BCUT2D eigenvalue weighted by molar-refractivity contribution is 6.25. The predicted octanol–water partition coefficient (Wildman–Crippen LogP) is 14.7. The van der Waals surface area contributed by atoms with Crippen LogP contribution in [0.2, 0.25) is 0 Å². The summed E-state index contributed by atoms with van der Waals surface area (Å²) in [5.74, 6) is 0.706. The Kier molecular flexibility index (Phi) is 7.54. The summed E-state index contributed by atoms with van der Waals surface area (Å²) in [6, 6.07) is 66.3. The van der Waals surface area contributed by atoms with E-state index in [0.29, 0.717) is 5.82 Å². The highest BCUT2D eigenvalue weighted by Crippen LogP contribution is 2.49. The predicted molar refractivity (Wildman–Crippen MR) is 247 cm³/mol. The van der Waals surface area contributed by atoms with E-state index in [2.05, 4.69) is 184 Å². The molecule has 0 spiro atoms. The molecule has 3 aromatic heterocycles. The van der Waals surface area contributed by atoms with E-state index in [1.807, 2.05) is 18.2 Å². The van der Waals surface area contributed by atoms with Crippen molar-refractivity contribution in [3.8, 4) is 67.4 Å². The Hall–Kier alpha value is -7.69. The van der Waals surface area contributed by atoms with Gasteiger partial charge in [0.25, 0.3) is 0 Å². The van der Waals surface area contributed by atoms with E-state index in [0.717, 1.165) is 94.1 Å². The first-order chi connectivity index (χ1) is 29.5. The highest BCUT2D eigenvalue weighted by atomic mass is 16.3. The van der Waals surface area contributed by atoms with Crippen molar-refractivity contribution in [2.45, 2.75) is 19.3 Å². The fraction of sp³-hybridized carbons (Fsp3) is 0.0536. The van der Waals surface area contributed by atoms with Crippen LogP contribution in [-0.4, -0.2) is 15.0 Å². The number of hydrogen-bond acceptors (Lipinski definition) is 4. The van der Waals surface area contributed by atoms with Crippen molar-refractivity contribution in [3.05, 3.63) is 199 Å². The van der Waals surface area contributed by atoms with Gasteiger partial charge in [0.15, 0.2) is 5.82 Å². The summed E-state index contributed by atoms with van der Waals surface area (Å²) >= 11 is 0. The van der Waals surface area contributed by atoms with Crippen LogP contribution in [0.4, 0.5) is 0 Å². The van der Waals surface area contributed by atoms with E-state index in [-0.39, 0.29) is 5.41 Å². The Morgan fingerprint density at radius 2 is 0.967 bits per heavy atom. The smallest absolute Gasteiger partial charge is 0.160 e. The molecule has 0 amide bonds. The molecule has 4 nitrogen and oxygen atoms in total. The maximum Gasteiger partial charge on any atom is 0.160 e. The Bertz CT molecular complexity index is 3490. The fourth-order valence-corrected chi connectivity index (χ4v) is 9.49. The van der Waals surface area contributed by atoms with Gasteiger partial charge in [0, 0.05) is 60.2 Å². The first-order valence-electron chi connectivity index (χ1n) is 20.5. The van der Waals surface area contributed by atoms with Gasteiger partial charge in [0.1, 0.15) is 11.2 Å². The lowest BCUT2D eigenvalue weighted by Crippen LogP contribution is -2.14. The summed E-state index contributed by atoms with van der Waals surface area (Å²) < 4.78 is 7.01. The number of aromatic nitrogens is 3. The van der Waals surface area contributed by atoms with Crippen LogP contribution in [-0.2, 0) is 5.41 Å². The molecule has 11 aromatic rings. The third-order valence-electron chi connectivity index (χ3n) is 12.5. The average Bonchev–Trinajstić information content (AvgIpc) is 3.81. The third kappa shape index (κ3) is 5.27. The first-order valence-corrected chi connectivity index (χ1v) is 20.5. The van der Waals surface area contributed by atoms with Crippen molar-refractivity contribution < 1.29 is 4.42 Å². The summed E-state index contributed by atoms with van der Waals surface area (Å²) in [7, 11) is 0. The number of nitrogens with zero attached hydrogens (tertiary/aromatic N) is 3. The lowest BCUT2D eigenvalue weighted by Gasteiger charge is -2.21. The maximum absolute atomic E-state index is 7.01. The number of fused-ring (bicyclic) bond motifs is 10. The van der Waals surface area contributed by atoms with Crippen LogP contribution in [0.5, 0.6) is 0 Å².